The largest absolute Gasteiger partial charge is 0.508 e. The summed E-state index contributed by atoms with van der Waals surface area (Å²) < 4.78 is 4.81. The van der Waals surface area contributed by atoms with Crippen molar-refractivity contribution in [1.29, 1.82) is 0 Å². The van der Waals surface area contributed by atoms with Gasteiger partial charge in [0.25, 0.3) is 0 Å². The third-order valence-electron chi connectivity index (χ3n) is 1.10. The van der Waals surface area contributed by atoms with Crippen LogP contribution in [0.1, 0.15) is 0 Å². The summed E-state index contributed by atoms with van der Waals surface area (Å²) in [6, 6.07) is 3.97. The van der Waals surface area contributed by atoms with Crippen LogP contribution in [0.2, 0.25) is 0 Å². The minimum absolute atomic E-state index is 0.0400. The number of hydrogen-bond acceptors (Lipinski definition) is 3. The molecule has 0 saturated heterocycles. The first kappa shape index (κ1) is 7.47. The first-order valence-corrected chi connectivity index (χ1v) is 3.03. The van der Waals surface area contributed by atoms with Gasteiger partial charge in [-0.05, 0) is 0 Å². The van der Waals surface area contributed by atoms with Gasteiger partial charge < -0.3 is 14.9 Å². The van der Waals surface area contributed by atoms with E-state index in [9.17, 15) is 0 Å². The summed E-state index contributed by atoms with van der Waals surface area (Å²) in [5.41, 5.74) is 0. The lowest BCUT2D eigenvalue weighted by Crippen LogP contribution is -1.79. The zero-order valence-corrected chi connectivity index (χ0v) is 5.82. The minimum atomic E-state index is -0.0400. The predicted molar refractivity (Wildman–Crippen MR) is 40.6 cm³/mol. The van der Waals surface area contributed by atoms with E-state index < -0.39 is 0 Å². The molecule has 0 radical (unpaired) electrons. The van der Waals surface area contributed by atoms with E-state index in [-0.39, 0.29) is 11.5 Å². The molecule has 3 heteroatoms. The van der Waals surface area contributed by atoms with Crippen LogP contribution in [0.3, 0.4) is 0 Å². The summed E-state index contributed by atoms with van der Waals surface area (Å²) in [5.74, 6) is 0.279. The van der Waals surface area contributed by atoms with Crippen LogP contribution in [-0.4, -0.2) is 10.2 Å². The maximum atomic E-state index is 8.95. The molecule has 0 aromatic heterocycles. The van der Waals surface area contributed by atoms with Gasteiger partial charge in [0.1, 0.15) is 17.2 Å². The fraction of sp³-hybridized carbons (Fsp3) is 0. The van der Waals surface area contributed by atoms with Crippen molar-refractivity contribution in [3.8, 4) is 17.2 Å². The quantitative estimate of drug-likeness (QED) is 0.633. The SMILES string of the molecule is C=COc1cc(O)cc(O)c1. The number of hydrogen-bond donors (Lipinski definition) is 2. The Kier molecular flexibility index (Phi) is 2.01. The van der Waals surface area contributed by atoms with Gasteiger partial charge in [0.2, 0.25) is 0 Å². The average molecular weight is 152 g/mol. The highest BCUT2D eigenvalue weighted by Gasteiger charge is 1.97. The standard InChI is InChI=1S/C8H8O3/c1-2-11-8-4-6(9)3-7(10)5-8/h2-5,9-10H,1H2. The molecular formula is C8H8O3. The molecule has 11 heavy (non-hydrogen) atoms. The van der Waals surface area contributed by atoms with Gasteiger partial charge in [-0.25, -0.2) is 0 Å². The highest BCUT2D eigenvalue weighted by Crippen LogP contribution is 2.25. The van der Waals surface area contributed by atoms with E-state index in [4.69, 9.17) is 14.9 Å². The van der Waals surface area contributed by atoms with Crippen LogP contribution < -0.4 is 4.74 Å². The molecule has 1 aromatic carbocycles. The summed E-state index contributed by atoms with van der Waals surface area (Å²) >= 11 is 0. The van der Waals surface area contributed by atoms with Crippen LogP contribution in [0, 0.1) is 0 Å². The van der Waals surface area contributed by atoms with Gasteiger partial charge in [0.05, 0.1) is 6.26 Å². The molecule has 0 saturated carbocycles. The van der Waals surface area contributed by atoms with E-state index in [1.165, 1.54) is 24.5 Å². The molecule has 0 aliphatic carbocycles. The third kappa shape index (κ3) is 1.89. The molecule has 0 aliphatic heterocycles. The minimum Gasteiger partial charge on any atom is -0.508 e. The molecule has 0 bridgehead atoms. The van der Waals surface area contributed by atoms with E-state index in [1.54, 1.807) is 0 Å². The molecule has 0 fully saturated rings. The summed E-state index contributed by atoms with van der Waals surface area (Å²) in [4.78, 5) is 0. The molecule has 3 nitrogen and oxygen atoms in total. The lowest BCUT2D eigenvalue weighted by Gasteiger charge is -2.00. The van der Waals surface area contributed by atoms with Gasteiger partial charge in [0.15, 0.2) is 0 Å². The summed E-state index contributed by atoms with van der Waals surface area (Å²) in [6.45, 7) is 3.33. The lowest BCUT2D eigenvalue weighted by atomic mass is 10.3. The molecule has 0 amide bonds. The van der Waals surface area contributed by atoms with Gasteiger partial charge >= 0.3 is 0 Å². The second-order valence-corrected chi connectivity index (χ2v) is 1.97. The van der Waals surface area contributed by atoms with Crippen molar-refractivity contribution in [3.05, 3.63) is 31.0 Å². The molecule has 58 valence electrons. The third-order valence-corrected chi connectivity index (χ3v) is 1.10. The molecule has 0 aliphatic rings. The van der Waals surface area contributed by atoms with Gasteiger partial charge in [-0.1, -0.05) is 6.58 Å². The van der Waals surface area contributed by atoms with Gasteiger partial charge in [-0.2, -0.15) is 0 Å². The maximum absolute atomic E-state index is 8.95. The number of aromatic hydroxyl groups is 2. The monoisotopic (exact) mass is 152 g/mol. The Bertz CT molecular complexity index is 248. The fourth-order valence-corrected chi connectivity index (χ4v) is 0.732. The molecular weight excluding hydrogens is 144 g/mol. The smallest absolute Gasteiger partial charge is 0.133 e. The van der Waals surface area contributed by atoms with Crippen LogP contribution in [0.4, 0.5) is 0 Å². The molecule has 1 rings (SSSR count). The van der Waals surface area contributed by atoms with E-state index in [0.29, 0.717) is 5.75 Å². The summed E-state index contributed by atoms with van der Waals surface area (Å²) in [7, 11) is 0. The van der Waals surface area contributed by atoms with Crippen molar-refractivity contribution in [1.82, 2.24) is 0 Å². The second-order valence-electron chi connectivity index (χ2n) is 1.97. The molecule has 1 aromatic rings. The lowest BCUT2D eigenvalue weighted by molar-refractivity contribution is 0.431. The Morgan fingerprint density at radius 2 is 1.73 bits per heavy atom. The maximum Gasteiger partial charge on any atom is 0.133 e. The topological polar surface area (TPSA) is 49.7 Å². The molecule has 0 spiro atoms. The van der Waals surface area contributed by atoms with Crippen molar-refractivity contribution >= 4 is 0 Å². The number of phenols is 2. The van der Waals surface area contributed by atoms with Crippen molar-refractivity contribution in [3.63, 3.8) is 0 Å². The number of benzene rings is 1. The average Bonchev–Trinajstić information content (AvgIpc) is 1.85. The highest BCUT2D eigenvalue weighted by atomic mass is 16.5. The fourth-order valence-electron chi connectivity index (χ4n) is 0.732. The Morgan fingerprint density at radius 1 is 1.18 bits per heavy atom. The zero-order chi connectivity index (χ0) is 8.27. The Morgan fingerprint density at radius 3 is 2.18 bits per heavy atom. The zero-order valence-electron chi connectivity index (χ0n) is 5.82. The second kappa shape index (κ2) is 2.96. The van der Waals surface area contributed by atoms with Crippen LogP contribution in [0.25, 0.3) is 0 Å². The van der Waals surface area contributed by atoms with Gasteiger partial charge in [-0.3, -0.25) is 0 Å². The Hall–Kier alpha value is -1.64. The number of phenolic OH excluding ortho intramolecular Hbond substituents is 2. The molecule has 0 heterocycles. The molecule has 2 N–H and O–H groups in total. The van der Waals surface area contributed by atoms with E-state index >= 15 is 0 Å². The van der Waals surface area contributed by atoms with Crippen molar-refractivity contribution in [2.45, 2.75) is 0 Å². The molecule has 0 unspecified atom stereocenters. The van der Waals surface area contributed by atoms with Crippen molar-refractivity contribution < 1.29 is 14.9 Å². The first-order valence-electron chi connectivity index (χ1n) is 3.03. The van der Waals surface area contributed by atoms with Gasteiger partial charge in [-0.15, -0.1) is 0 Å². The predicted octanol–water partition coefficient (Wildman–Crippen LogP) is 1.62. The van der Waals surface area contributed by atoms with Crippen molar-refractivity contribution in [2.75, 3.05) is 0 Å². The van der Waals surface area contributed by atoms with Gasteiger partial charge in [0, 0.05) is 18.2 Å². The van der Waals surface area contributed by atoms with E-state index in [0.717, 1.165) is 0 Å². The first-order chi connectivity index (χ1) is 5.22. The Balaban J connectivity index is 2.98. The van der Waals surface area contributed by atoms with Crippen LogP contribution in [-0.2, 0) is 0 Å². The van der Waals surface area contributed by atoms with Crippen LogP contribution in [0.15, 0.2) is 31.0 Å². The van der Waals surface area contributed by atoms with E-state index in [1.807, 2.05) is 0 Å². The van der Waals surface area contributed by atoms with Crippen LogP contribution >= 0.6 is 0 Å². The highest BCUT2D eigenvalue weighted by molar-refractivity contribution is 5.40. The van der Waals surface area contributed by atoms with E-state index in [2.05, 4.69) is 6.58 Å². The Labute approximate surface area is 64.2 Å². The summed E-state index contributed by atoms with van der Waals surface area (Å²) in [6.07, 6.45) is 1.22. The normalized spacial score (nSPS) is 9.09. The van der Waals surface area contributed by atoms with Crippen molar-refractivity contribution in [2.24, 2.45) is 0 Å². The van der Waals surface area contributed by atoms with Crippen LogP contribution in [0.5, 0.6) is 17.2 Å². The molecule has 0 atom stereocenters. The summed E-state index contributed by atoms with van der Waals surface area (Å²) in [5, 5.41) is 17.9. The number of rotatable bonds is 2. The number of ether oxygens (including phenoxy) is 1.